The number of ether oxygens (including phenoxy) is 1. The van der Waals surface area contributed by atoms with Crippen molar-refractivity contribution in [3.63, 3.8) is 0 Å². The van der Waals surface area contributed by atoms with Gasteiger partial charge in [0, 0.05) is 41.1 Å². The topological polar surface area (TPSA) is 16.4 Å². The van der Waals surface area contributed by atoms with Crippen LogP contribution in [-0.2, 0) is 7.05 Å². The van der Waals surface area contributed by atoms with E-state index in [9.17, 15) is 0 Å². The molecule has 0 saturated carbocycles. The van der Waals surface area contributed by atoms with Crippen molar-refractivity contribution >= 4 is 34.4 Å². The fourth-order valence-electron chi connectivity index (χ4n) is 3.49. The minimum absolute atomic E-state index is 0.179. The van der Waals surface area contributed by atoms with Gasteiger partial charge in [-0.3, -0.25) is 0 Å². The van der Waals surface area contributed by atoms with Crippen LogP contribution in [0.1, 0.15) is 26.5 Å². The Morgan fingerprint density at radius 1 is 1.11 bits per heavy atom. The van der Waals surface area contributed by atoms with Crippen LogP contribution >= 0.6 is 11.8 Å². The smallest absolute Gasteiger partial charge is 0.212 e. The van der Waals surface area contributed by atoms with E-state index in [1.54, 1.807) is 0 Å². The van der Waals surface area contributed by atoms with Crippen LogP contribution in [0.5, 0.6) is 5.75 Å². The van der Waals surface area contributed by atoms with E-state index in [4.69, 9.17) is 4.74 Å². The molecule has 0 unspecified atom stereocenters. The molecule has 3 aromatic rings. The Balaban J connectivity index is 1.73. The van der Waals surface area contributed by atoms with E-state index in [2.05, 4.69) is 98.0 Å². The van der Waals surface area contributed by atoms with Gasteiger partial charge in [-0.25, -0.2) is 0 Å². The predicted molar refractivity (Wildman–Crippen MR) is 114 cm³/mol. The molecule has 0 N–H and O–H groups in total. The highest BCUT2D eigenvalue weighted by atomic mass is 32.2. The van der Waals surface area contributed by atoms with Gasteiger partial charge in [0.15, 0.2) is 0 Å². The molecular weight excluding hydrogens is 352 g/mol. The fourth-order valence-corrected chi connectivity index (χ4v) is 4.64. The van der Waals surface area contributed by atoms with Crippen molar-refractivity contribution < 1.29 is 9.30 Å². The van der Waals surface area contributed by atoms with E-state index in [0.29, 0.717) is 0 Å². The predicted octanol–water partition coefficient (Wildman–Crippen LogP) is 5.38. The van der Waals surface area contributed by atoms with Crippen LogP contribution in [0.4, 0.5) is 5.69 Å². The van der Waals surface area contributed by atoms with Crippen molar-refractivity contribution in [3.8, 4) is 5.75 Å². The molecule has 1 aliphatic rings. The summed E-state index contributed by atoms with van der Waals surface area (Å²) in [4.78, 5) is 3.64. The van der Waals surface area contributed by atoms with Crippen molar-refractivity contribution in [2.24, 2.45) is 7.05 Å². The Labute approximate surface area is 165 Å². The van der Waals surface area contributed by atoms with Crippen molar-refractivity contribution in [1.82, 2.24) is 0 Å². The number of para-hydroxylation sites is 1. The molecule has 138 valence electrons. The number of thioether (sulfide) groups is 1. The molecule has 1 aliphatic heterocycles. The third-order valence-electron chi connectivity index (χ3n) is 4.78. The first-order valence-electron chi connectivity index (χ1n) is 9.42. The molecule has 0 spiro atoms. The minimum atomic E-state index is 0.179. The van der Waals surface area contributed by atoms with Crippen LogP contribution in [0.3, 0.4) is 0 Å². The third-order valence-corrected chi connectivity index (χ3v) is 5.89. The van der Waals surface area contributed by atoms with Crippen LogP contribution in [0.2, 0.25) is 0 Å². The first-order valence-corrected chi connectivity index (χ1v) is 10.2. The molecule has 0 bridgehead atoms. The zero-order valence-electron chi connectivity index (χ0n) is 16.3. The second kappa shape index (κ2) is 7.28. The van der Waals surface area contributed by atoms with Gasteiger partial charge in [0.1, 0.15) is 12.8 Å². The van der Waals surface area contributed by atoms with E-state index in [1.165, 1.54) is 32.2 Å². The Hall–Kier alpha value is -2.46. The van der Waals surface area contributed by atoms with Gasteiger partial charge in [0.25, 0.3) is 0 Å². The van der Waals surface area contributed by atoms with Crippen LogP contribution in [0, 0.1) is 0 Å². The number of hydrogen-bond acceptors (Lipinski definition) is 3. The molecule has 0 saturated heterocycles. The van der Waals surface area contributed by atoms with Gasteiger partial charge in [0.2, 0.25) is 11.2 Å². The molecular formula is C23H25N2OS+. The highest BCUT2D eigenvalue weighted by molar-refractivity contribution is 8.03. The maximum Gasteiger partial charge on any atom is 0.212 e. The molecule has 2 heterocycles. The summed E-state index contributed by atoms with van der Waals surface area (Å²) in [7, 11) is 2.13. The fraction of sp³-hybridized carbons (Fsp3) is 0.261. The van der Waals surface area contributed by atoms with Gasteiger partial charge in [-0.05, 0) is 45.0 Å². The molecule has 0 amide bonds. The Kier molecular flexibility index (Phi) is 4.83. The summed E-state index contributed by atoms with van der Waals surface area (Å²) in [5.41, 5.74) is 3.67. The SMILES string of the molecule is CCN1/C(=C/c2ccc3ccccc3[n+]2C)Sc2ccc(OC(C)C)cc21. The van der Waals surface area contributed by atoms with Gasteiger partial charge in [-0.2, -0.15) is 4.57 Å². The van der Waals surface area contributed by atoms with Crippen LogP contribution < -0.4 is 14.2 Å². The lowest BCUT2D eigenvalue weighted by Gasteiger charge is -2.19. The lowest BCUT2D eigenvalue weighted by atomic mass is 10.2. The number of aryl methyl sites for hydroxylation is 1. The van der Waals surface area contributed by atoms with Crippen molar-refractivity contribution in [2.45, 2.75) is 31.8 Å². The molecule has 0 fully saturated rings. The normalized spacial score (nSPS) is 15.0. The van der Waals surface area contributed by atoms with Crippen LogP contribution in [-0.4, -0.2) is 12.6 Å². The number of benzene rings is 2. The second-order valence-corrected chi connectivity index (χ2v) is 8.06. The minimum Gasteiger partial charge on any atom is -0.491 e. The van der Waals surface area contributed by atoms with Crippen LogP contribution in [0.15, 0.2) is 64.5 Å². The van der Waals surface area contributed by atoms with Crippen LogP contribution in [0.25, 0.3) is 17.0 Å². The molecule has 2 aromatic carbocycles. The number of fused-ring (bicyclic) bond motifs is 2. The largest absolute Gasteiger partial charge is 0.491 e. The molecule has 0 aliphatic carbocycles. The van der Waals surface area contributed by atoms with Gasteiger partial charge in [0.05, 0.1) is 16.8 Å². The first kappa shape index (κ1) is 17.9. The number of nitrogens with zero attached hydrogens (tertiary/aromatic N) is 2. The first-order chi connectivity index (χ1) is 13.1. The Morgan fingerprint density at radius 2 is 1.93 bits per heavy atom. The van der Waals surface area contributed by atoms with Gasteiger partial charge < -0.3 is 9.64 Å². The lowest BCUT2D eigenvalue weighted by Crippen LogP contribution is -2.33. The van der Waals surface area contributed by atoms with Gasteiger partial charge in [-0.15, -0.1) is 0 Å². The molecule has 4 rings (SSSR count). The maximum atomic E-state index is 5.89. The summed E-state index contributed by atoms with van der Waals surface area (Å²) in [6.07, 6.45) is 2.46. The number of anilines is 1. The summed E-state index contributed by atoms with van der Waals surface area (Å²) in [6.45, 7) is 7.24. The molecule has 0 atom stereocenters. The highest BCUT2D eigenvalue weighted by Gasteiger charge is 2.26. The van der Waals surface area contributed by atoms with Crippen molar-refractivity contribution in [2.75, 3.05) is 11.4 Å². The lowest BCUT2D eigenvalue weighted by molar-refractivity contribution is -0.646. The standard InChI is InChI=1S/C23H25N2OS/c1-5-25-21-15-19(26-16(2)3)12-13-22(21)27-23(25)14-18-11-10-17-8-6-7-9-20(17)24(18)4/h6-16H,5H2,1-4H3/q+1. The average Bonchev–Trinajstić information content (AvgIpc) is 3.00. The van der Waals surface area contributed by atoms with E-state index >= 15 is 0 Å². The summed E-state index contributed by atoms with van der Waals surface area (Å²) in [5, 5.41) is 2.51. The van der Waals surface area contributed by atoms with E-state index in [0.717, 1.165) is 12.3 Å². The van der Waals surface area contributed by atoms with E-state index < -0.39 is 0 Å². The van der Waals surface area contributed by atoms with Crippen molar-refractivity contribution in [3.05, 3.63) is 65.3 Å². The van der Waals surface area contributed by atoms with Crippen molar-refractivity contribution in [1.29, 1.82) is 0 Å². The molecule has 4 heteroatoms. The number of hydrogen-bond donors (Lipinski definition) is 0. The second-order valence-electron chi connectivity index (χ2n) is 7.00. The van der Waals surface area contributed by atoms with Gasteiger partial charge >= 0.3 is 0 Å². The number of aromatic nitrogens is 1. The summed E-state index contributed by atoms with van der Waals surface area (Å²) in [6, 6.07) is 19.3. The zero-order valence-corrected chi connectivity index (χ0v) is 17.1. The zero-order chi connectivity index (χ0) is 19.0. The Morgan fingerprint density at radius 3 is 2.70 bits per heavy atom. The summed E-state index contributed by atoms with van der Waals surface area (Å²) >= 11 is 1.82. The summed E-state index contributed by atoms with van der Waals surface area (Å²) in [5.74, 6) is 0.931. The molecule has 1 aromatic heterocycles. The highest BCUT2D eigenvalue weighted by Crippen LogP contribution is 2.47. The number of rotatable bonds is 4. The third kappa shape index (κ3) is 3.42. The average molecular weight is 378 g/mol. The summed E-state index contributed by atoms with van der Waals surface area (Å²) < 4.78 is 8.15. The molecule has 0 radical (unpaired) electrons. The Bertz CT molecular complexity index is 1030. The molecule has 3 nitrogen and oxygen atoms in total. The van der Waals surface area contributed by atoms with Gasteiger partial charge in [-0.1, -0.05) is 23.9 Å². The number of pyridine rings is 1. The monoisotopic (exact) mass is 377 g/mol. The quantitative estimate of drug-likeness (QED) is 0.568. The maximum absolute atomic E-state index is 5.89. The molecule has 27 heavy (non-hydrogen) atoms. The van der Waals surface area contributed by atoms with E-state index in [1.807, 2.05) is 11.8 Å². The van der Waals surface area contributed by atoms with E-state index in [-0.39, 0.29) is 6.10 Å².